The summed E-state index contributed by atoms with van der Waals surface area (Å²) in [4.78, 5) is 13.5. The van der Waals surface area contributed by atoms with Crippen molar-refractivity contribution in [2.45, 2.75) is 19.5 Å². The highest BCUT2D eigenvalue weighted by molar-refractivity contribution is 5.95. The van der Waals surface area contributed by atoms with Crippen LogP contribution in [0.1, 0.15) is 18.9 Å². The van der Waals surface area contributed by atoms with Crippen molar-refractivity contribution in [1.29, 1.82) is 0 Å². The molecule has 3 nitrogen and oxygen atoms in total. The third-order valence-corrected chi connectivity index (χ3v) is 3.08. The number of hydrogen-bond donors (Lipinski definition) is 0. The Hall–Kier alpha value is -2.50. The van der Waals surface area contributed by atoms with E-state index in [0.717, 1.165) is 12.1 Å². The molecule has 0 atom stereocenters. The molecule has 23 heavy (non-hydrogen) atoms. The zero-order valence-corrected chi connectivity index (χ0v) is 12.5. The van der Waals surface area contributed by atoms with Gasteiger partial charge in [-0.3, -0.25) is 0 Å². The fraction of sp³-hybridized carbons (Fsp3) is 0.235. The zero-order valence-electron chi connectivity index (χ0n) is 12.5. The number of rotatable bonds is 4. The molecule has 122 valence electrons. The lowest BCUT2D eigenvalue weighted by atomic mass is 10.2. The summed E-state index contributed by atoms with van der Waals surface area (Å²) < 4.78 is 43.1. The highest BCUT2D eigenvalue weighted by Crippen LogP contribution is 2.32. The minimum absolute atomic E-state index is 0.239. The molecule has 0 saturated heterocycles. The molecule has 0 heterocycles. The van der Waals surface area contributed by atoms with Gasteiger partial charge in [-0.2, -0.15) is 13.2 Å². The van der Waals surface area contributed by atoms with Gasteiger partial charge in [0, 0.05) is 0 Å². The summed E-state index contributed by atoms with van der Waals surface area (Å²) in [6.07, 6.45) is -4.39. The molecular weight excluding hydrogens is 307 g/mol. The summed E-state index contributed by atoms with van der Waals surface area (Å²) in [6, 6.07) is 13.0. The molecule has 0 fully saturated rings. The Morgan fingerprint density at radius 2 is 1.57 bits per heavy atom. The molecule has 6 heteroatoms. The molecule has 0 N–H and O–H groups in total. The highest BCUT2D eigenvalue weighted by atomic mass is 19.4. The number of halogens is 3. The van der Waals surface area contributed by atoms with Crippen LogP contribution in [0.15, 0.2) is 54.6 Å². The fourth-order valence-electron chi connectivity index (χ4n) is 1.99. The molecule has 0 spiro atoms. The van der Waals surface area contributed by atoms with Gasteiger partial charge in [-0.05, 0) is 42.8 Å². The zero-order chi connectivity index (χ0) is 16.9. The molecule has 0 aliphatic heterocycles. The molecule has 0 bridgehead atoms. The minimum atomic E-state index is -4.42. The smallest absolute Gasteiger partial charge is 0.418 e. The molecule has 1 amide bonds. The Labute approximate surface area is 132 Å². The van der Waals surface area contributed by atoms with Gasteiger partial charge in [0.05, 0.1) is 23.5 Å². The van der Waals surface area contributed by atoms with Crippen molar-refractivity contribution in [3.8, 4) is 0 Å². The molecule has 2 aromatic carbocycles. The van der Waals surface area contributed by atoms with Gasteiger partial charge in [0.25, 0.3) is 0 Å². The molecule has 2 aromatic rings. The summed E-state index contributed by atoms with van der Waals surface area (Å²) in [5.74, 6) is 0. The Balaban J connectivity index is 2.36. The monoisotopic (exact) mass is 323 g/mol. The standard InChI is InChI=1S/C17H16F3NO2/c1-2-12-23-16(22)21(14-6-4-3-5-7-14)15-10-8-13(9-11-15)17(18,19)20/h3-11H,2,12H2,1H3. The van der Waals surface area contributed by atoms with Crippen molar-refractivity contribution in [1.82, 2.24) is 0 Å². The van der Waals surface area contributed by atoms with Gasteiger partial charge in [-0.15, -0.1) is 0 Å². The first kappa shape index (κ1) is 16.9. The number of para-hydroxylation sites is 1. The van der Waals surface area contributed by atoms with Crippen LogP contribution in [0.25, 0.3) is 0 Å². The molecule has 0 saturated carbocycles. The van der Waals surface area contributed by atoms with Gasteiger partial charge in [-0.1, -0.05) is 25.1 Å². The average Bonchev–Trinajstić information content (AvgIpc) is 2.54. The molecule has 0 radical (unpaired) electrons. The first-order valence-corrected chi connectivity index (χ1v) is 7.12. The number of ether oxygens (including phenoxy) is 1. The van der Waals surface area contributed by atoms with E-state index in [9.17, 15) is 18.0 Å². The maximum Gasteiger partial charge on any atom is 0.418 e. The number of hydrogen-bond acceptors (Lipinski definition) is 2. The molecule has 0 aliphatic carbocycles. The number of anilines is 2. The number of amides is 1. The third-order valence-electron chi connectivity index (χ3n) is 3.08. The summed E-state index contributed by atoms with van der Waals surface area (Å²) in [7, 11) is 0. The maximum atomic E-state index is 12.7. The van der Waals surface area contributed by atoms with Gasteiger partial charge in [0.2, 0.25) is 0 Å². The van der Waals surface area contributed by atoms with E-state index in [-0.39, 0.29) is 6.61 Å². The fourth-order valence-corrected chi connectivity index (χ4v) is 1.99. The van der Waals surface area contributed by atoms with Gasteiger partial charge >= 0.3 is 12.3 Å². The van der Waals surface area contributed by atoms with Crippen LogP contribution in [0.2, 0.25) is 0 Å². The maximum absolute atomic E-state index is 12.7. The first-order valence-electron chi connectivity index (χ1n) is 7.12. The highest BCUT2D eigenvalue weighted by Gasteiger charge is 2.30. The van der Waals surface area contributed by atoms with Crippen LogP contribution < -0.4 is 4.90 Å². The Morgan fingerprint density at radius 1 is 1.00 bits per heavy atom. The molecule has 0 aliphatic rings. The minimum Gasteiger partial charge on any atom is -0.449 e. The van der Waals surface area contributed by atoms with Crippen molar-refractivity contribution in [2.24, 2.45) is 0 Å². The van der Waals surface area contributed by atoms with E-state index in [2.05, 4.69) is 0 Å². The number of carbonyl (C=O) groups excluding carboxylic acids is 1. The lowest BCUT2D eigenvalue weighted by molar-refractivity contribution is -0.137. The molecule has 2 rings (SSSR count). The predicted molar refractivity (Wildman–Crippen MR) is 81.7 cm³/mol. The van der Waals surface area contributed by atoms with Crippen LogP contribution in [0.5, 0.6) is 0 Å². The van der Waals surface area contributed by atoms with Gasteiger partial charge < -0.3 is 4.74 Å². The van der Waals surface area contributed by atoms with Crippen LogP contribution >= 0.6 is 0 Å². The summed E-state index contributed by atoms with van der Waals surface area (Å²) in [5.41, 5.74) is 0.0647. The lowest BCUT2D eigenvalue weighted by Crippen LogP contribution is -2.27. The largest absolute Gasteiger partial charge is 0.449 e. The second kappa shape index (κ2) is 7.17. The van der Waals surface area contributed by atoms with Gasteiger partial charge in [0.1, 0.15) is 0 Å². The second-order valence-corrected chi connectivity index (χ2v) is 4.83. The molecular formula is C17H16F3NO2. The van der Waals surface area contributed by atoms with E-state index in [4.69, 9.17) is 4.74 Å². The number of carbonyl (C=O) groups is 1. The quantitative estimate of drug-likeness (QED) is 0.755. The van der Waals surface area contributed by atoms with Crippen LogP contribution in [0.4, 0.5) is 29.3 Å². The van der Waals surface area contributed by atoms with E-state index >= 15 is 0 Å². The van der Waals surface area contributed by atoms with E-state index in [1.807, 2.05) is 6.92 Å². The van der Waals surface area contributed by atoms with Gasteiger partial charge in [-0.25, -0.2) is 9.69 Å². The van der Waals surface area contributed by atoms with E-state index in [1.165, 1.54) is 17.0 Å². The molecule has 0 unspecified atom stereocenters. The third kappa shape index (κ3) is 4.25. The predicted octanol–water partition coefficient (Wildman–Crippen LogP) is 5.39. The van der Waals surface area contributed by atoms with Crippen LogP contribution in [-0.4, -0.2) is 12.7 Å². The van der Waals surface area contributed by atoms with Gasteiger partial charge in [0.15, 0.2) is 0 Å². The topological polar surface area (TPSA) is 29.5 Å². The van der Waals surface area contributed by atoms with Crippen molar-refractivity contribution >= 4 is 17.5 Å². The van der Waals surface area contributed by atoms with Crippen LogP contribution in [0, 0.1) is 0 Å². The number of nitrogens with zero attached hydrogens (tertiary/aromatic N) is 1. The van der Waals surface area contributed by atoms with E-state index in [0.29, 0.717) is 17.8 Å². The summed E-state index contributed by atoms with van der Waals surface area (Å²) in [5, 5.41) is 0. The molecule has 0 aromatic heterocycles. The first-order chi connectivity index (χ1) is 10.9. The van der Waals surface area contributed by atoms with Crippen LogP contribution in [0.3, 0.4) is 0 Å². The van der Waals surface area contributed by atoms with Crippen molar-refractivity contribution in [2.75, 3.05) is 11.5 Å². The number of benzene rings is 2. The summed E-state index contributed by atoms with van der Waals surface area (Å²) in [6.45, 7) is 2.10. The van der Waals surface area contributed by atoms with Crippen LogP contribution in [-0.2, 0) is 10.9 Å². The average molecular weight is 323 g/mol. The van der Waals surface area contributed by atoms with E-state index < -0.39 is 17.8 Å². The lowest BCUT2D eigenvalue weighted by Gasteiger charge is -2.22. The van der Waals surface area contributed by atoms with Crippen molar-refractivity contribution in [3.63, 3.8) is 0 Å². The number of alkyl halides is 3. The van der Waals surface area contributed by atoms with Crippen molar-refractivity contribution in [3.05, 3.63) is 60.2 Å². The second-order valence-electron chi connectivity index (χ2n) is 4.83. The Kier molecular flexibility index (Phi) is 5.26. The van der Waals surface area contributed by atoms with E-state index in [1.54, 1.807) is 30.3 Å². The Morgan fingerprint density at radius 3 is 2.09 bits per heavy atom. The summed E-state index contributed by atoms with van der Waals surface area (Å²) >= 11 is 0. The normalized spacial score (nSPS) is 11.1. The Bertz CT molecular complexity index is 639. The SMILES string of the molecule is CCCOC(=O)N(c1ccccc1)c1ccc(C(F)(F)F)cc1. The van der Waals surface area contributed by atoms with Crippen molar-refractivity contribution < 1.29 is 22.7 Å².